The van der Waals surface area contributed by atoms with Crippen molar-refractivity contribution in [1.82, 2.24) is 9.88 Å². The monoisotopic (exact) mass is 394 g/mol. The summed E-state index contributed by atoms with van der Waals surface area (Å²) in [6.07, 6.45) is 2.53. The van der Waals surface area contributed by atoms with Crippen molar-refractivity contribution in [2.24, 2.45) is 5.92 Å². The van der Waals surface area contributed by atoms with Crippen molar-refractivity contribution in [2.45, 2.75) is 26.4 Å². The number of ether oxygens (including phenoxy) is 2. The molecular weight excluding hydrogens is 374 g/mol. The molecule has 2 heterocycles. The molecule has 150 valence electrons. The Hall–Kier alpha value is -2.97. The third kappa shape index (κ3) is 4.47. The van der Waals surface area contributed by atoms with E-state index in [-0.39, 0.29) is 48.3 Å². The Kier molecular flexibility index (Phi) is 6.23. The van der Waals surface area contributed by atoms with Gasteiger partial charge in [0, 0.05) is 13.1 Å². The van der Waals surface area contributed by atoms with Crippen LogP contribution in [-0.2, 0) is 16.1 Å². The molecule has 1 fully saturated rings. The molecule has 3 rings (SSSR count). The number of carbonyl (C=O) groups excluding carboxylic acids is 2. The van der Waals surface area contributed by atoms with Gasteiger partial charge in [-0.15, -0.1) is 0 Å². The lowest BCUT2D eigenvalue weighted by Gasteiger charge is -2.30. The number of benzene rings is 1. The molecule has 0 spiro atoms. The number of esters is 1. The van der Waals surface area contributed by atoms with Gasteiger partial charge in [-0.05, 0) is 31.9 Å². The van der Waals surface area contributed by atoms with Gasteiger partial charge in [-0.1, -0.05) is 6.07 Å². The summed E-state index contributed by atoms with van der Waals surface area (Å²) in [6.45, 7) is 2.52. The maximum absolute atomic E-state index is 13.6. The van der Waals surface area contributed by atoms with Gasteiger partial charge in [0.25, 0.3) is 5.91 Å². The normalized spacial score (nSPS) is 16.7. The van der Waals surface area contributed by atoms with Crippen LogP contribution < -0.4 is 4.74 Å². The maximum atomic E-state index is 13.6. The lowest BCUT2D eigenvalue weighted by Crippen LogP contribution is -2.43. The van der Waals surface area contributed by atoms with Gasteiger partial charge in [-0.3, -0.25) is 9.59 Å². The maximum Gasteiger partial charge on any atom is 0.310 e. The first-order valence-electron chi connectivity index (χ1n) is 8.96. The second-order valence-electron chi connectivity index (χ2n) is 6.31. The quantitative estimate of drug-likeness (QED) is 0.701. The predicted molar refractivity (Wildman–Crippen MR) is 92.5 cm³/mol. The van der Waals surface area contributed by atoms with Gasteiger partial charge >= 0.3 is 5.97 Å². The number of aromatic nitrogens is 1. The van der Waals surface area contributed by atoms with E-state index in [2.05, 4.69) is 4.98 Å². The molecule has 0 aliphatic carbocycles. The molecule has 1 saturated heterocycles. The molecule has 1 aliphatic rings. The molecule has 0 bridgehead atoms. The number of nitrogens with zero attached hydrogens (tertiary/aromatic N) is 2. The molecule has 1 amide bonds. The third-order valence-corrected chi connectivity index (χ3v) is 4.37. The molecular formula is C19H20F2N2O5. The van der Waals surface area contributed by atoms with Crippen LogP contribution in [0.2, 0.25) is 0 Å². The molecule has 0 radical (unpaired) electrons. The number of hydrogen-bond acceptors (Lipinski definition) is 6. The molecule has 7 nitrogen and oxygen atoms in total. The fourth-order valence-corrected chi connectivity index (χ4v) is 2.99. The van der Waals surface area contributed by atoms with Crippen molar-refractivity contribution in [2.75, 3.05) is 19.7 Å². The zero-order valence-electron chi connectivity index (χ0n) is 15.3. The molecule has 28 heavy (non-hydrogen) atoms. The Balaban J connectivity index is 1.60. The minimum absolute atomic E-state index is 0.0472. The highest BCUT2D eigenvalue weighted by molar-refractivity contribution is 5.92. The van der Waals surface area contributed by atoms with E-state index in [1.54, 1.807) is 6.92 Å². The number of oxazole rings is 1. The summed E-state index contributed by atoms with van der Waals surface area (Å²) in [7, 11) is 0. The van der Waals surface area contributed by atoms with Gasteiger partial charge in [0.1, 0.15) is 6.26 Å². The van der Waals surface area contributed by atoms with Crippen molar-refractivity contribution >= 4 is 11.9 Å². The number of halogens is 2. The number of carbonyl (C=O) groups is 2. The fourth-order valence-electron chi connectivity index (χ4n) is 2.99. The summed E-state index contributed by atoms with van der Waals surface area (Å²) in [5.41, 5.74) is 0.0582. The van der Waals surface area contributed by atoms with Crippen LogP contribution in [0.1, 0.15) is 36.1 Å². The molecule has 1 aliphatic heterocycles. The van der Waals surface area contributed by atoms with E-state index < -0.39 is 11.6 Å². The Morgan fingerprint density at radius 1 is 1.36 bits per heavy atom. The Labute approximate surface area is 160 Å². The SMILES string of the molecule is CCOC(=O)[C@@H]1CCCN(C(=O)c2coc(COc3cccc(F)c3F)n2)C1. The third-order valence-electron chi connectivity index (χ3n) is 4.37. The Bertz CT molecular complexity index is 855. The van der Waals surface area contributed by atoms with Gasteiger partial charge in [-0.2, -0.15) is 4.39 Å². The lowest BCUT2D eigenvalue weighted by molar-refractivity contribution is -0.149. The van der Waals surface area contributed by atoms with E-state index >= 15 is 0 Å². The van der Waals surface area contributed by atoms with Crippen molar-refractivity contribution in [3.8, 4) is 5.75 Å². The molecule has 1 aromatic heterocycles. The Morgan fingerprint density at radius 2 is 2.18 bits per heavy atom. The van der Waals surface area contributed by atoms with E-state index in [9.17, 15) is 18.4 Å². The van der Waals surface area contributed by atoms with Gasteiger partial charge in [0.15, 0.2) is 23.9 Å². The van der Waals surface area contributed by atoms with E-state index in [1.165, 1.54) is 23.3 Å². The average Bonchev–Trinajstić information content (AvgIpc) is 3.18. The summed E-state index contributed by atoms with van der Waals surface area (Å²) in [4.78, 5) is 30.1. The van der Waals surface area contributed by atoms with Crippen LogP contribution in [-0.4, -0.2) is 41.5 Å². The highest BCUT2D eigenvalue weighted by atomic mass is 19.2. The first kappa shape index (κ1) is 19.8. The molecule has 0 N–H and O–H groups in total. The van der Waals surface area contributed by atoms with E-state index in [4.69, 9.17) is 13.9 Å². The molecule has 0 unspecified atom stereocenters. The Morgan fingerprint density at radius 3 is 2.96 bits per heavy atom. The van der Waals surface area contributed by atoms with E-state index in [0.717, 1.165) is 6.07 Å². The number of piperidine rings is 1. The second-order valence-corrected chi connectivity index (χ2v) is 6.31. The average molecular weight is 394 g/mol. The summed E-state index contributed by atoms with van der Waals surface area (Å²) in [6, 6.07) is 3.57. The first-order chi connectivity index (χ1) is 13.5. The van der Waals surface area contributed by atoms with Crippen LogP contribution in [0.4, 0.5) is 8.78 Å². The molecule has 1 aromatic carbocycles. The van der Waals surface area contributed by atoms with Crippen molar-refractivity contribution < 1.29 is 32.3 Å². The number of amides is 1. The number of rotatable bonds is 6. The highest BCUT2D eigenvalue weighted by Gasteiger charge is 2.31. The van der Waals surface area contributed by atoms with E-state index in [0.29, 0.717) is 26.0 Å². The molecule has 1 atom stereocenters. The van der Waals surface area contributed by atoms with Crippen LogP contribution in [0.15, 0.2) is 28.9 Å². The second kappa shape index (κ2) is 8.81. The summed E-state index contributed by atoms with van der Waals surface area (Å²) in [5.74, 6) is -3.41. The fraction of sp³-hybridized carbons (Fsp3) is 0.421. The predicted octanol–water partition coefficient (Wildman–Crippen LogP) is 2.95. The highest BCUT2D eigenvalue weighted by Crippen LogP contribution is 2.22. The summed E-state index contributed by atoms with van der Waals surface area (Å²) >= 11 is 0. The lowest BCUT2D eigenvalue weighted by atomic mass is 9.98. The van der Waals surface area contributed by atoms with Crippen LogP contribution in [0, 0.1) is 17.6 Å². The standard InChI is InChI=1S/C19H20F2N2O5/c1-2-26-19(25)12-5-4-8-23(9-12)18(24)14-10-28-16(22-14)11-27-15-7-3-6-13(20)17(15)21/h3,6-7,10,12H,2,4-5,8-9,11H2,1H3/t12-/m1/s1. The van der Waals surface area contributed by atoms with E-state index in [1.807, 2.05) is 0 Å². The van der Waals surface area contributed by atoms with Gasteiger partial charge in [-0.25, -0.2) is 9.37 Å². The zero-order valence-corrected chi connectivity index (χ0v) is 15.3. The van der Waals surface area contributed by atoms with Crippen LogP contribution >= 0.6 is 0 Å². The van der Waals surface area contributed by atoms with Gasteiger partial charge in [0.05, 0.1) is 12.5 Å². The van der Waals surface area contributed by atoms with Gasteiger partial charge in [0.2, 0.25) is 11.7 Å². The zero-order chi connectivity index (χ0) is 20.1. The first-order valence-corrected chi connectivity index (χ1v) is 8.96. The minimum atomic E-state index is -1.11. The van der Waals surface area contributed by atoms with Crippen LogP contribution in [0.5, 0.6) is 5.75 Å². The van der Waals surface area contributed by atoms with Crippen molar-refractivity contribution in [3.63, 3.8) is 0 Å². The van der Waals surface area contributed by atoms with Crippen LogP contribution in [0.25, 0.3) is 0 Å². The molecule has 9 heteroatoms. The van der Waals surface area contributed by atoms with Crippen molar-refractivity contribution in [3.05, 3.63) is 47.7 Å². The number of likely N-dealkylation sites (tertiary alicyclic amines) is 1. The molecule has 0 saturated carbocycles. The van der Waals surface area contributed by atoms with Crippen LogP contribution in [0.3, 0.4) is 0 Å². The summed E-state index contributed by atoms with van der Waals surface area (Å²) < 4.78 is 42.1. The topological polar surface area (TPSA) is 81.9 Å². The largest absolute Gasteiger partial charge is 0.481 e. The van der Waals surface area contributed by atoms with Gasteiger partial charge < -0.3 is 18.8 Å². The van der Waals surface area contributed by atoms with Crippen molar-refractivity contribution in [1.29, 1.82) is 0 Å². The molecule has 2 aromatic rings. The summed E-state index contributed by atoms with van der Waals surface area (Å²) in [5, 5.41) is 0. The minimum Gasteiger partial charge on any atom is -0.481 e. The smallest absolute Gasteiger partial charge is 0.310 e. The number of hydrogen-bond donors (Lipinski definition) is 0.